The molecular formula is C10H10Cl2O5S. The van der Waals surface area contributed by atoms with Crippen LogP contribution in [0.1, 0.15) is 5.56 Å². The number of methoxy groups -OCH3 is 2. The minimum Gasteiger partial charge on any atom is -0.493 e. The Labute approximate surface area is 114 Å². The van der Waals surface area contributed by atoms with Crippen molar-refractivity contribution in [3.8, 4) is 11.5 Å². The fraction of sp³-hybridized carbons (Fsp3) is 0.300. The Kier molecular flexibility index (Phi) is 4.84. The van der Waals surface area contributed by atoms with Crippen molar-refractivity contribution in [1.29, 1.82) is 0 Å². The van der Waals surface area contributed by atoms with E-state index >= 15 is 0 Å². The molecule has 18 heavy (non-hydrogen) atoms. The van der Waals surface area contributed by atoms with Crippen molar-refractivity contribution in [2.24, 2.45) is 0 Å². The highest BCUT2D eigenvalue weighted by Crippen LogP contribution is 2.37. The van der Waals surface area contributed by atoms with Crippen LogP contribution in [0.15, 0.2) is 17.0 Å². The lowest BCUT2D eigenvalue weighted by Crippen LogP contribution is -2.03. The molecule has 1 aromatic rings. The largest absolute Gasteiger partial charge is 0.493 e. The molecule has 0 saturated heterocycles. The summed E-state index contributed by atoms with van der Waals surface area (Å²) in [6, 6.07) is 2.69. The first kappa shape index (κ1) is 15.1. The lowest BCUT2D eigenvalue weighted by Gasteiger charge is -2.12. The first-order valence-electron chi connectivity index (χ1n) is 4.67. The van der Waals surface area contributed by atoms with Gasteiger partial charge >= 0.3 is 0 Å². The first-order chi connectivity index (χ1) is 8.29. The number of carbonyl (C=O) groups excluding carboxylic acids is 1. The summed E-state index contributed by atoms with van der Waals surface area (Å²) in [6.07, 6.45) is -0.138. The van der Waals surface area contributed by atoms with E-state index in [1.54, 1.807) is 0 Å². The van der Waals surface area contributed by atoms with Crippen molar-refractivity contribution in [3.63, 3.8) is 0 Å². The van der Waals surface area contributed by atoms with Gasteiger partial charge in [-0.15, -0.1) is 0 Å². The molecule has 0 aliphatic rings. The Morgan fingerprint density at radius 2 is 1.89 bits per heavy atom. The maximum Gasteiger partial charge on any atom is 0.265 e. The van der Waals surface area contributed by atoms with E-state index < -0.39 is 14.3 Å². The second-order valence-corrected chi connectivity index (χ2v) is 6.26. The zero-order valence-corrected chi connectivity index (χ0v) is 11.9. The lowest BCUT2D eigenvalue weighted by molar-refractivity contribution is -0.111. The van der Waals surface area contributed by atoms with Crippen LogP contribution in [0.3, 0.4) is 0 Å². The minimum atomic E-state index is -4.02. The van der Waals surface area contributed by atoms with Gasteiger partial charge in [-0.05, 0) is 29.3 Å². The summed E-state index contributed by atoms with van der Waals surface area (Å²) in [7, 11) is 3.90. The summed E-state index contributed by atoms with van der Waals surface area (Å²) in [6.45, 7) is 0. The zero-order chi connectivity index (χ0) is 13.9. The molecule has 100 valence electrons. The summed E-state index contributed by atoms with van der Waals surface area (Å²) in [5, 5.41) is -0.625. The van der Waals surface area contributed by atoms with Crippen molar-refractivity contribution in [2.75, 3.05) is 14.2 Å². The third-order valence-electron chi connectivity index (χ3n) is 2.11. The molecule has 0 bridgehead atoms. The van der Waals surface area contributed by atoms with E-state index in [1.165, 1.54) is 26.4 Å². The fourth-order valence-electron chi connectivity index (χ4n) is 1.43. The molecule has 0 radical (unpaired) electrons. The van der Waals surface area contributed by atoms with E-state index in [1.807, 2.05) is 0 Å². The molecule has 1 aromatic carbocycles. The van der Waals surface area contributed by atoms with Crippen LogP contribution >= 0.6 is 22.3 Å². The number of ether oxygens (including phenoxy) is 2. The summed E-state index contributed by atoms with van der Waals surface area (Å²) >= 11 is 5.25. The Morgan fingerprint density at radius 1 is 1.28 bits per heavy atom. The van der Waals surface area contributed by atoms with Gasteiger partial charge in [0.15, 0.2) is 11.5 Å². The average molecular weight is 313 g/mol. The molecule has 5 nitrogen and oxygen atoms in total. The Hall–Kier alpha value is -0.980. The molecule has 0 heterocycles. The van der Waals surface area contributed by atoms with Crippen molar-refractivity contribution in [2.45, 2.75) is 11.3 Å². The highest BCUT2D eigenvalue weighted by atomic mass is 35.7. The maximum atomic E-state index is 11.4. The zero-order valence-electron chi connectivity index (χ0n) is 9.57. The Morgan fingerprint density at radius 3 is 2.28 bits per heavy atom. The number of hydrogen-bond acceptors (Lipinski definition) is 5. The van der Waals surface area contributed by atoms with Gasteiger partial charge in [0.05, 0.1) is 14.2 Å². The molecule has 0 aromatic heterocycles. The van der Waals surface area contributed by atoms with Gasteiger partial charge in [0, 0.05) is 17.1 Å². The van der Waals surface area contributed by atoms with Crippen LogP contribution in [0.4, 0.5) is 0 Å². The number of rotatable bonds is 5. The van der Waals surface area contributed by atoms with E-state index in [9.17, 15) is 13.2 Å². The average Bonchev–Trinajstić information content (AvgIpc) is 2.25. The molecule has 0 aliphatic carbocycles. The molecule has 0 amide bonds. The predicted molar refractivity (Wildman–Crippen MR) is 67.1 cm³/mol. The topological polar surface area (TPSA) is 69.7 Å². The van der Waals surface area contributed by atoms with Crippen molar-refractivity contribution >= 4 is 36.6 Å². The third kappa shape index (κ3) is 3.51. The Bertz CT molecular complexity index is 568. The first-order valence-corrected chi connectivity index (χ1v) is 7.36. The normalized spacial score (nSPS) is 11.1. The van der Waals surface area contributed by atoms with Gasteiger partial charge in [0.1, 0.15) is 4.90 Å². The van der Waals surface area contributed by atoms with E-state index in [-0.39, 0.29) is 22.8 Å². The second kappa shape index (κ2) is 5.77. The van der Waals surface area contributed by atoms with Crippen LogP contribution in [-0.4, -0.2) is 27.9 Å². The van der Waals surface area contributed by atoms with Gasteiger partial charge in [0.25, 0.3) is 9.05 Å². The SMILES string of the molecule is COc1cc(CC(=O)Cl)cc(S(=O)(=O)Cl)c1OC. The quantitative estimate of drug-likeness (QED) is 0.777. The van der Waals surface area contributed by atoms with E-state index in [0.29, 0.717) is 5.56 Å². The number of halogens is 2. The molecule has 0 unspecified atom stereocenters. The molecule has 1 rings (SSSR count). The minimum absolute atomic E-state index is 0.0155. The van der Waals surface area contributed by atoms with Gasteiger partial charge in [-0.25, -0.2) is 8.42 Å². The molecule has 0 aliphatic heterocycles. The molecule has 0 atom stereocenters. The van der Waals surface area contributed by atoms with Crippen molar-refractivity contribution in [3.05, 3.63) is 17.7 Å². The van der Waals surface area contributed by atoms with Crippen LogP contribution in [-0.2, 0) is 20.3 Å². The van der Waals surface area contributed by atoms with Gasteiger partial charge in [-0.1, -0.05) is 0 Å². The van der Waals surface area contributed by atoms with Gasteiger partial charge < -0.3 is 9.47 Å². The van der Waals surface area contributed by atoms with Crippen molar-refractivity contribution in [1.82, 2.24) is 0 Å². The fourth-order valence-corrected chi connectivity index (χ4v) is 2.62. The molecule has 0 N–H and O–H groups in total. The van der Waals surface area contributed by atoms with Gasteiger partial charge in [-0.2, -0.15) is 0 Å². The monoisotopic (exact) mass is 312 g/mol. The number of benzene rings is 1. The van der Waals surface area contributed by atoms with Crippen LogP contribution in [0, 0.1) is 0 Å². The Balaban J connectivity index is 3.50. The van der Waals surface area contributed by atoms with Crippen LogP contribution < -0.4 is 9.47 Å². The summed E-state index contributed by atoms with van der Waals surface area (Å²) in [5.74, 6) is 0.144. The second-order valence-electron chi connectivity index (χ2n) is 3.30. The summed E-state index contributed by atoms with van der Waals surface area (Å²) in [4.78, 5) is 10.6. The summed E-state index contributed by atoms with van der Waals surface area (Å²) in [5.41, 5.74) is 0.367. The lowest BCUT2D eigenvalue weighted by atomic mass is 10.1. The highest BCUT2D eigenvalue weighted by molar-refractivity contribution is 8.13. The predicted octanol–water partition coefficient (Wildman–Crippen LogP) is 1.94. The van der Waals surface area contributed by atoms with E-state index in [2.05, 4.69) is 0 Å². The van der Waals surface area contributed by atoms with Crippen LogP contribution in [0.5, 0.6) is 11.5 Å². The molecule has 0 saturated carbocycles. The molecule has 0 fully saturated rings. The van der Waals surface area contributed by atoms with Crippen LogP contribution in [0.2, 0.25) is 0 Å². The van der Waals surface area contributed by atoms with Gasteiger partial charge in [0.2, 0.25) is 5.24 Å². The number of hydrogen-bond donors (Lipinski definition) is 0. The molecule has 8 heteroatoms. The van der Waals surface area contributed by atoms with Crippen molar-refractivity contribution < 1.29 is 22.7 Å². The maximum absolute atomic E-state index is 11.4. The van der Waals surface area contributed by atoms with Gasteiger partial charge in [-0.3, -0.25) is 4.79 Å². The van der Waals surface area contributed by atoms with E-state index in [0.717, 1.165) is 0 Å². The highest BCUT2D eigenvalue weighted by Gasteiger charge is 2.22. The van der Waals surface area contributed by atoms with E-state index in [4.69, 9.17) is 31.8 Å². The van der Waals surface area contributed by atoms with Crippen LogP contribution in [0.25, 0.3) is 0 Å². The third-order valence-corrected chi connectivity index (χ3v) is 3.57. The smallest absolute Gasteiger partial charge is 0.265 e. The molecular weight excluding hydrogens is 303 g/mol. The molecule has 0 spiro atoms. The number of carbonyl (C=O) groups is 1. The summed E-state index contributed by atoms with van der Waals surface area (Å²) < 4.78 is 32.8. The standard InChI is InChI=1S/C10H10Cl2O5S/c1-16-7-3-6(5-9(11)13)4-8(10(7)17-2)18(12,14)15/h3-4H,5H2,1-2H3.